The van der Waals surface area contributed by atoms with Crippen LogP contribution in [0.4, 0.5) is 10.1 Å². The first kappa shape index (κ1) is 31.5. The number of fused-ring (bicyclic) bond motifs is 2. The first-order valence-corrected chi connectivity index (χ1v) is 15.2. The lowest BCUT2D eigenvalue weighted by Crippen LogP contribution is -2.54. The van der Waals surface area contributed by atoms with E-state index in [0.717, 1.165) is 21.6 Å². The van der Waals surface area contributed by atoms with Gasteiger partial charge in [0.1, 0.15) is 18.8 Å². The van der Waals surface area contributed by atoms with Gasteiger partial charge < -0.3 is 20.7 Å². The largest absolute Gasteiger partial charge is 0.382 e. The minimum atomic E-state index is -1.17. The minimum Gasteiger partial charge on any atom is -0.382 e. The van der Waals surface area contributed by atoms with E-state index < -0.39 is 35.8 Å². The lowest BCUT2D eigenvalue weighted by atomic mass is 10.0. The second-order valence-electron chi connectivity index (χ2n) is 11.4. The van der Waals surface area contributed by atoms with Gasteiger partial charge in [0, 0.05) is 43.4 Å². The van der Waals surface area contributed by atoms with Gasteiger partial charge in [-0.2, -0.15) is 5.10 Å². The predicted octanol–water partition coefficient (Wildman–Crippen LogP) is 1.40. The van der Waals surface area contributed by atoms with Crippen LogP contribution in [0.5, 0.6) is 0 Å². The number of carbonyl (C=O) groups excluding carboxylic acids is 6. The number of alkyl halides is 1. The third-order valence-corrected chi connectivity index (χ3v) is 8.38. The Bertz CT molecular complexity index is 1760. The number of nitrogens with zero attached hydrogens (tertiary/aromatic N) is 3. The SMILES string of the molecule is O=CN[C@H]1C[C@@H](F)c2cc(-c3cnn(CC(=O)NCCOCCNc4cccc5c4C(=O)N(C4CCC(=O)NC4=O)C5=O)c3)ccc21. The topological polar surface area (TPSA) is 181 Å². The molecule has 4 N–H and O–H groups in total. The van der Waals surface area contributed by atoms with Crippen molar-refractivity contribution >= 4 is 41.6 Å². The van der Waals surface area contributed by atoms with Crippen molar-refractivity contribution in [2.24, 2.45) is 0 Å². The fourth-order valence-electron chi connectivity index (χ4n) is 6.13. The highest BCUT2D eigenvalue weighted by atomic mass is 19.1. The lowest BCUT2D eigenvalue weighted by molar-refractivity contribution is -0.136. The van der Waals surface area contributed by atoms with Crippen LogP contribution >= 0.6 is 0 Å². The van der Waals surface area contributed by atoms with Crippen molar-refractivity contribution in [3.05, 3.63) is 71.0 Å². The highest BCUT2D eigenvalue weighted by molar-refractivity contribution is 6.25. The maximum Gasteiger partial charge on any atom is 0.264 e. The second kappa shape index (κ2) is 13.5. The van der Waals surface area contributed by atoms with Gasteiger partial charge in [-0.25, -0.2) is 4.39 Å². The number of rotatable bonds is 13. The summed E-state index contributed by atoms with van der Waals surface area (Å²) < 4.78 is 21.6. The second-order valence-corrected chi connectivity index (χ2v) is 11.4. The molecule has 3 aliphatic rings. The van der Waals surface area contributed by atoms with E-state index in [9.17, 15) is 33.2 Å². The molecule has 1 saturated heterocycles. The van der Waals surface area contributed by atoms with Crippen LogP contribution in [0.3, 0.4) is 0 Å². The highest BCUT2D eigenvalue weighted by Gasteiger charge is 2.45. The van der Waals surface area contributed by atoms with Gasteiger partial charge in [-0.1, -0.05) is 18.2 Å². The van der Waals surface area contributed by atoms with Crippen molar-refractivity contribution in [1.29, 1.82) is 0 Å². The molecule has 0 radical (unpaired) electrons. The average Bonchev–Trinajstić information content (AvgIpc) is 3.71. The van der Waals surface area contributed by atoms with E-state index in [4.69, 9.17) is 4.74 Å². The van der Waals surface area contributed by atoms with Crippen LogP contribution in [-0.2, 0) is 30.5 Å². The Labute approximate surface area is 268 Å². The third-order valence-electron chi connectivity index (χ3n) is 8.38. The average molecular weight is 646 g/mol. The number of nitrogens with one attached hydrogen (secondary N) is 4. The number of imide groups is 2. The van der Waals surface area contributed by atoms with Crippen LogP contribution in [0.15, 0.2) is 48.8 Å². The van der Waals surface area contributed by atoms with Crippen molar-refractivity contribution in [2.45, 2.75) is 44.1 Å². The molecular weight excluding hydrogens is 613 g/mol. The minimum absolute atomic E-state index is 0.0226. The monoisotopic (exact) mass is 645 g/mol. The van der Waals surface area contributed by atoms with Crippen LogP contribution in [0.25, 0.3) is 11.1 Å². The summed E-state index contributed by atoms with van der Waals surface area (Å²) in [6.45, 7) is 1.00. The molecule has 244 valence electrons. The first-order valence-electron chi connectivity index (χ1n) is 15.2. The molecule has 6 rings (SSSR count). The van der Waals surface area contributed by atoms with Gasteiger partial charge in [0.05, 0.1) is 36.6 Å². The Morgan fingerprint density at radius 3 is 2.70 bits per heavy atom. The van der Waals surface area contributed by atoms with Crippen LogP contribution in [-0.4, -0.2) is 83.0 Å². The molecule has 1 aromatic heterocycles. The zero-order valence-corrected chi connectivity index (χ0v) is 25.2. The van der Waals surface area contributed by atoms with Crippen molar-refractivity contribution in [3.63, 3.8) is 0 Å². The van der Waals surface area contributed by atoms with Crippen LogP contribution in [0.1, 0.15) is 63.3 Å². The molecule has 1 aliphatic carbocycles. The molecule has 3 heterocycles. The van der Waals surface area contributed by atoms with Gasteiger partial charge in [0.2, 0.25) is 24.1 Å². The van der Waals surface area contributed by atoms with Gasteiger partial charge in [0.15, 0.2) is 0 Å². The van der Waals surface area contributed by atoms with Gasteiger partial charge >= 0.3 is 0 Å². The summed E-state index contributed by atoms with van der Waals surface area (Å²) in [5.41, 5.74) is 3.56. The number of benzene rings is 2. The normalized spacial score (nSPS) is 20.1. The van der Waals surface area contributed by atoms with E-state index >= 15 is 0 Å². The first-order chi connectivity index (χ1) is 22.7. The molecule has 14 nitrogen and oxygen atoms in total. The molecule has 2 aliphatic heterocycles. The van der Waals surface area contributed by atoms with Crippen LogP contribution in [0.2, 0.25) is 0 Å². The van der Waals surface area contributed by atoms with Gasteiger partial charge in [-0.15, -0.1) is 0 Å². The molecule has 6 amide bonds. The van der Waals surface area contributed by atoms with Crippen molar-refractivity contribution in [1.82, 2.24) is 30.6 Å². The van der Waals surface area contributed by atoms with Crippen molar-refractivity contribution in [2.75, 3.05) is 31.6 Å². The molecular formula is C32H32FN7O7. The molecule has 15 heteroatoms. The maximum atomic E-state index is 14.5. The number of aromatic nitrogens is 2. The number of amides is 6. The van der Waals surface area contributed by atoms with E-state index in [1.165, 1.54) is 10.7 Å². The van der Waals surface area contributed by atoms with Gasteiger partial charge in [-0.3, -0.25) is 43.7 Å². The number of anilines is 1. The van der Waals surface area contributed by atoms with E-state index in [1.54, 1.807) is 36.7 Å². The fourth-order valence-corrected chi connectivity index (χ4v) is 6.13. The summed E-state index contributed by atoms with van der Waals surface area (Å²) in [5, 5.41) is 14.9. The van der Waals surface area contributed by atoms with E-state index in [0.29, 0.717) is 24.2 Å². The Morgan fingerprint density at radius 1 is 1.06 bits per heavy atom. The molecule has 0 saturated carbocycles. The van der Waals surface area contributed by atoms with E-state index in [-0.39, 0.29) is 68.6 Å². The smallest absolute Gasteiger partial charge is 0.264 e. The third kappa shape index (κ3) is 6.47. The molecule has 0 bridgehead atoms. The van der Waals surface area contributed by atoms with Crippen LogP contribution in [0, 0.1) is 0 Å². The van der Waals surface area contributed by atoms with E-state index in [2.05, 4.69) is 26.4 Å². The highest BCUT2D eigenvalue weighted by Crippen LogP contribution is 2.42. The molecule has 1 fully saturated rings. The molecule has 0 spiro atoms. The zero-order chi connectivity index (χ0) is 33.1. The van der Waals surface area contributed by atoms with Crippen molar-refractivity contribution < 1.29 is 37.9 Å². The Morgan fingerprint density at radius 2 is 1.89 bits per heavy atom. The molecule has 2 aromatic carbocycles. The summed E-state index contributed by atoms with van der Waals surface area (Å²) in [4.78, 5) is 74.1. The zero-order valence-electron chi connectivity index (χ0n) is 25.2. The van der Waals surface area contributed by atoms with Gasteiger partial charge in [-0.05, 0) is 41.3 Å². The molecule has 3 atom stereocenters. The van der Waals surface area contributed by atoms with Crippen molar-refractivity contribution in [3.8, 4) is 11.1 Å². The number of hydrogen-bond donors (Lipinski definition) is 4. The molecule has 3 aromatic rings. The van der Waals surface area contributed by atoms with E-state index in [1.807, 2.05) is 6.07 Å². The Hall–Kier alpha value is -5.44. The number of hydrogen-bond acceptors (Lipinski definition) is 9. The Balaban J connectivity index is 0.928. The summed E-state index contributed by atoms with van der Waals surface area (Å²) in [6.07, 6.45) is 3.02. The molecule has 1 unspecified atom stereocenters. The Kier molecular flexibility index (Phi) is 9.06. The fraction of sp³-hybridized carbons (Fsp3) is 0.344. The summed E-state index contributed by atoms with van der Waals surface area (Å²) in [5.74, 6) is -2.56. The lowest BCUT2D eigenvalue weighted by Gasteiger charge is -2.27. The standard InChI is InChI=1S/C32H32FN7O7/c33-23-13-25(36-17-41)20-5-4-18(12-22(20)23)19-14-37-39(15-19)16-28(43)35-9-11-47-10-8-34-24-3-1-2-21-29(24)32(46)40(31(21)45)26-6-7-27(42)38-30(26)44/h1-5,12,14-15,17,23,25-26,34H,6-11,13,16H2,(H,35,43)(H,36,41)(H,38,42,44)/t23-,25+,26?/m1/s1. The van der Waals surface area contributed by atoms with Gasteiger partial charge in [0.25, 0.3) is 11.8 Å². The number of ether oxygens (including phenoxy) is 1. The number of carbonyl (C=O) groups is 6. The number of halogens is 1. The molecule has 47 heavy (non-hydrogen) atoms. The quantitative estimate of drug-likeness (QED) is 0.121. The predicted molar refractivity (Wildman–Crippen MR) is 164 cm³/mol. The summed E-state index contributed by atoms with van der Waals surface area (Å²) in [6, 6.07) is 8.81. The van der Waals surface area contributed by atoms with Crippen LogP contribution < -0.4 is 21.3 Å². The summed E-state index contributed by atoms with van der Waals surface area (Å²) in [7, 11) is 0. The number of piperidine rings is 1. The summed E-state index contributed by atoms with van der Waals surface area (Å²) >= 11 is 0. The maximum absolute atomic E-state index is 14.5.